The van der Waals surface area contributed by atoms with Crippen molar-refractivity contribution in [1.29, 1.82) is 0 Å². The molecule has 50 valence electrons. The summed E-state index contributed by atoms with van der Waals surface area (Å²) >= 11 is 1.52. The Hall–Kier alpha value is 0.0283. The Morgan fingerprint density at radius 2 is 2.33 bits per heavy atom. The van der Waals surface area contributed by atoms with Crippen LogP contribution < -0.4 is 5.32 Å². The van der Waals surface area contributed by atoms with Gasteiger partial charge in [-0.2, -0.15) is 0 Å². The summed E-state index contributed by atoms with van der Waals surface area (Å²) in [5, 5.41) is 3.12. The molecule has 0 saturated carbocycles. The van der Waals surface area contributed by atoms with Gasteiger partial charge >= 0.3 is 65.8 Å². The van der Waals surface area contributed by atoms with E-state index in [9.17, 15) is 0 Å². The molecule has 1 aliphatic heterocycles. The third-order valence-corrected chi connectivity index (χ3v) is 3.41. The SMILES string of the molecule is CC1N=CN[C](=[W])C1C. The molecule has 0 fully saturated rings. The first-order valence-corrected chi connectivity index (χ1v) is 4.50. The summed E-state index contributed by atoms with van der Waals surface area (Å²) < 4.78 is 1.40. The van der Waals surface area contributed by atoms with Crippen LogP contribution in [0.5, 0.6) is 0 Å². The van der Waals surface area contributed by atoms with Gasteiger partial charge in [-0.3, -0.25) is 0 Å². The van der Waals surface area contributed by atoms with Gasteiger partial charge in [0, 0.05) is 0 Å². The molecule has 3 heteroatoms. The normalized spacial score (nSPS) is 34.2. The number of hydrogen-bond acceptors (Lipinski definition) is 2. The fourth-order valence-corrected chi connectivity index (χ4v) is 1.59. The number of rotatable bonds is 0. The van der Waals surface area contributed by atoms with E-state index in [1.165, 1.54) is 23.4 Å². The summed E-state index contributed by atoms with van der Waals surface area (Å²) in [7, 11) is 0. The second-order valence-corrected chi connectivity index (χ2v) is 3.90. The van der Waals surface area contributed by atoms with Crippen LogP contribution in [0, 0.1) is 5.92 Å². The van der Waals surface area contributed by atoms with Gasteiger partial charge in [0.15, 0.2) is 0 Å². The number of aliphatic imine (C=N–C) groups is 1. The van der Waals surface area contributed by atoms with Crippen LogP contribution in [-0.2, 0) is 19.4 Å². The molecule has 0 aromatic rings. The molecular formula is C6H10N2W. The van der Waals surface area contributed by atoms with Crippen molar-refractivity contribution in [2.75, 3.05) is 0 Å². The van der Waals surface area contributed by atoms with Crippen LogP contribution in [0.25, 0.3) is 0 Å². The van der Waals surface area contributed by atoms with Crippen molar-refractivity contribution in [3.8, 4) is 0 Å². The van der Waals surface area contributed by atoms with E-state index in [2.05, 4.69) is 24.2 Å². The molecule has 2 atom stereocenters. The predicted octanol–water partition coefficient (Wildman–Crippen LogP) is 0.319. The van der Waals surface area contributed by atoms with E-state index in [0.29, 0.717) is 12.0 Å². The van der Waals surface area contributed by atoms with Gasteiger partial charge in [0.05, 0.1) is 0 Å². The van der Waals surface area contributed by atoms with Crippen molar-refractivity contribution < 1.29 is 19.4 Å². The summed E-state index contributed by atoms with van der Waals surface area (Å²) in [6.07, 6.45) is 1.80. The topological polar surface area (TPSA) is 24.4 Å². The summed E-state index contributed by atoms with van der Waals surface area (Å²) in [6, 6.07) is 0.471. The standard InChI is InChI=1S/C6H10N2.W/c1-5-3-7-4-8-6(5)2;/h4-6H,1-2H3,(H,7,8);. The van der Waals surface area contributed by atoms with Gasteiger partial charge in [-0.15, -0.1) is 0 Å². The first-order chi connectivity index (χ1) is 4.22. The second kappa shape index (κ2) is 2.74. The molecule has 1 heterocycles. The minimum absolute atomic E-state index is 0.471. The monoisotopic (exact) mass is 294 g/mol. The molecule has 0 spiro atoms. The quantitative estimate of drug-likeness (QED) is 0.683. The maximum atomic E-state index is 4.22. The van der Waals surface area contributed by atoms with Gasteiger partial charge in [-0.05, 0) is 0 Å². The van der Waals surface area contributed by atoms with E-state index in [1.807, 2.05) is 0 Å². The van der Waals surface area contributed by atoms with E-state index in [0.717, 1.165) is 0 Å². The summed E-state index contributed by atoms with van der Waals surface area (Å²) in [5.74, 6) is 0.616. The second-order valence-electron chi connectivity index (χ2n) is 2.32. The van der Waals surface area contributed by atoms with Crippen molar-refractivity contribution in [2.45, 2.75) is 19.9 Å². The van der Waals surface area contributed by atoms with Crippen molar-refractivity contribution in [3.63, 3.8) is 0 Å². The van der Waals surface area contributed by atoms with Crippen molar-refractivity contribution >= 4 is 10.4 Å². The third-order valence-electron chi connectivity index (χ3n) is 1.65. The molecule has 0 aliphatic carbocycles. The molecule has 0 saturated heterocycles. The Morgan fingerprint density at radius 1 is 1.67 bits per heavy atom. The molecule has 0 amide bonds. The van der Waals surface area contributed by atoms with E-state index < -0.39 is 0 Å². The molecule has 0 aromatic heterocycles. The number of nitrogens with one attached hydrogen (secondary N) is 1. The third kappa shape index (κ3) is 1.48. The zero-order chi connectivity index (χ0) is 6.85. The van der Waals surface area contributed by atoms with Crippen LogP contribution in [0.1, 0.15) is 13.8 Å². The van der Waals surface area contributed by atoms with Crippen LogP contribution >= 0.6 is 0 Å². The Bertz CT molecular complexity index is 153. The fourth-order valence-electron chi connectivity index (χ4n) is 0.698. The molecule has 2 unspecified atom stereocenters. The Morgan fingerprint density at radius 3 is 2.78 bits per heavy atom. The van der Waals surface area contributed by atoms with Gasteiger partial charge in [0.25, 0.3) is 0 Å². The van der Waals surface area contributed by atoms with Crippen LogP contribution in [0.4, 0.5) is 0 Å². The van der Waals surface area contributed by atoms with Crippen LogP contribution in [-0.4, -0.2) is 16.4 Å². The number of hydrogen-bond donors (Lipinski definition) is 1. The van der Waals surface area contributed by atoms with Gasteiger partial charge in [0.2, 0.25) is 0 Å². The zero-order valence-corrected chi connectivity index (χ0v) is 8.52. The average Bonchev–Trinajstić information content (AvgIpc) is 1.83. The van der Waals surface area contributed by atoms with Gasteiger partial charge < -0.3 is 0 Å². The molecule has 1 aliphatic rings. The summed E-state index contributed by atoms with van der Waals surface area (Å²) in [4.78, 5) is 4.22. The Labute approximate surface area is 66.2 Å². The van der Waals surface area contributed by atoms with Crippen LogP contribution in [0.2, 0.25) is 0 Å². The van der Waals surface area contributed by atoms with Crippen molar-refractivity contribution in [1.82, 2.24) is 5.32 Å². The molecule has 1 rings (SSSR count). The minimum atomic E-state index is 0.471. The first-order valence-electron chi connectivity index (χ1n) is 3.04. The van der Waals surface area contributed by atoms with E-state index >= 15 is 0 Å². The molecule has 0 aromatic carbocycles. The van der Waals surface area contributed by atoms with E-state index in [-0.39, 0.29) is 0 Å². The molecule has 0 bridgehead atoms. The molecule has 0 radical (unpaired) electrons. The number of nitrogens with zero attached hydrogens (tertiary/aromatic N) is 1. The van der Waals surface area contributed by atoms with Crippen molar-refractivity contribution in [3.05, 3.63) is 0 Å². The Kier molecular flexibility index (Phi) is 2.17. The Balaban J connectivity index is 2.69. The van der Waals surface area contributed by atoms with E-state index in [1.54, 1.807) is 6.34 Å². The summed E-state index contributed by atoms with van der Waals surface area (Å²) in [5.41, 5.74) is 0. The zero-order valence-electron chi connectivity index (χ0n) is 5.59. The van der Waals surface area contributed by atoms with E-state index in [4.69, 9.17) is 0 Å². The van der Waals surface area contributed by atoms with Crippen LogP contribution in [0.15, 0.2) is 4.99 Å². The molecule has 9 heavy (non-hydrogen) atoms. The van der Waals surface area contributed by atoms with Crippen molar-refractivity contribution in [2.24, 2.45) is 10.9 Å². The van der Waals surface area contributed by atoms with Crippen LogP contribution in [0.3, 0.4) is 0 Å². The van der Waals surface area contributed by atoms with Gasteiger partial charge in [-0.1, -0.05) is 0 Å². The summed E-state index contributed by atoms with van der Waals surface area (Å²) in [6.45, 7) is 4.35. The fraction of sp³-hybridized carbons (Fsp3) is 0.667. The van der Waals surface area contributed by atoms with Gasteiger partial charge in [0.1, 0.15) is 0 Å². The van der Waals surface area contributed by atoms with Gasteiger partial charge in [-0.25, -0.2) is 0 Å². The predicted molar refractivity (Wildman–Crippen MR) is 35.3 cm³/mol. The first kappa shape index (κ1) is 7.14. The maximum absolute atomic E-state index is 4.22. The molecule has 2 nitrogen and oxygen atoms in total. The average molecular weight is 294 g/mol. The molecule has 1 N–H and O–H groups in total. The molecular weight excluding hydrogens is 284 g/mol.